The van der Waals surface area contributed by atoms with Crippen molar-refractivity contribution in [2.45, 2.75) is 13.0 Å². The number of benzene rings is 2. The summed E-state index contributed by atoms with van der Waals surface area (Å²) >= 11 is 0. The van der Waals surface area contributed by atoms with Gasteiger partial charge in [-0.1, -0.05) is 12.1 Å². The lowest BCUT2D eigenvalue weighted by molar-refractivity contribution is -0.123. The van der Waals surface area contributed by atoms with E-state index in [1.165, 1.54) is 12.1 Å². The van der Waals surface area contributed by atoms with Gasteiger partial charge in [-0.05, 0) is 43.3 Å². The maximum Gasteiger partial charge on any atom is 0.338 e. The van der Waals surface area contributed by atoms with Crippen molar-refractivity contribution < 1.29 is 33.3 Å². The van der Waals surface area contributed by atoms with Gasteiger partial charge in [0.15, 0.2) is 24.2 Å². The van der Waals surface area contributed by atoms with Gasteiger partial charge in [0, 0.05) is 0 Å². The molecule has 0 aliphatic carbocycles. The van der Waals surface area contributed by atoms with E-state index in [0.29, 0.717) is 23.9 Å². The zero-order valence-corrected chi connectivity index (χ0v) is 16.4. The molecule has 0 saturated carbocycles. The minimum absolute atomic E-state index is 0.138. The van der Waals surface area contributed by atoms with Gasteiger partial charge in [0.25, 0.3) is 5.91 Å². The van der Waals surface area contributed by atoms with Gasteiger partial charge in [-0.2, -0.15) is 0 Å². The molecule has 1 aliphatic rings. The van der Waals surface area contributed by atoms with Gasteiger partial charge in [-0.15, -0.1) is 0 Å². The number of carbonyl (C=O) groups is 3. The van der Waals surface area contributed by atoms with E-state index in [1.54, 1.807) is 24.3 Å². The van der Waals surface area contributed by atoms with Crippen LogP contribution in [0, 0.1) is 0 Å². The maximum atomic E-state index is 12.0. The lowest BCUT2D eigenvalue weighted by Gasteiger charge is -2.26. The van der Waals surface area contributed by atoms with Gasteiger partial charge >= 0.3 is 12.0 Å². The number of imide groups is 1. The fourth-order valence-electron chi connectivity index (χ4n) is 2.65. The molecular formula is C21H22N2O7. The maximum absolute atomic E-state index is 12.0. The second-order valence-electron chi connectivity index (χ2n) is 6.29. The fraction of sp³-hybridized carbons (Fsp3) is 0.286. The van der Waals surface area contributed by atoms with Crippen molar-refractivity contribution in [3.63, 3.8) is 0 Å². The first-order valence-electron chi connectivity index (χ1n) is 9.41. The highest BCUT2D eigenvalue weighted by molar-refractivity contribution is 5.97. The topological polar surface area (TPSA) is 112 Å². The molecule has 1 atom stereocenters. The highest BCUT2D eigenvalue weighted by Crippen LogP contribution is 2.30. The highest BCUT2D eigenvalue weighted by atomic mass is 16.6. The minimum Gasteiger partial charge on any atom is -0.494 e. The Morgan fingerprint density at radius 1 is 1.07 bits per heavy atom. The first kappa shape index (κ1) is 21.0. The van der Waals surface area contributed by atoms with Crippen molar-refractivity contribution in [3.8, 4) is 17.2 Å². The molecule has 9 nitrogen and oxygen atoms in total. The van der Waals surface area contributed by atoms with E-state index in [2.05, 4.69) is 10.6 Å². The molecule has 1 aliphatic heterocycles. The van der Waals surface area contributed by atoms with Crippen LogP contribution in [0.5, 0.6) is 17.2 Å². The van der Waals surface area contributed by atoms with Crippen LogP contribution in [0.25, 0.3) is 0 Å². The number of amides is 3. The average Bonchev–Trinajstić information content (AvgIpc) is 2.76. The molecule has 0 spiro atoms. The molecule has 30 heavy (non-hydrogen) atoms. The first-order valence-corrected chi connectivity index (χ1v) is 9.41. The van der Waals surface area contributed by atoms with Crippen LogP contribution in [0.1, 0.15) is 17.3 Å². The number of urea groups is 1. The lowest BCUT2D eigenvalue weighted by atomic mass is 10.2. The van der Waals surface area contributed by atoms with E-state index in [1.807, 2.05) is 19.1 Å². The summed E-state index contributed by atoms with van der Waals surface area (Å²) in [5, 5.41) is 4.61. The van der Waals surface area contributed by atoms with Crippen molar-refractivity contribution >= 4 is 17.9 Å². The molecule has 0 radical (unpaired) electrons. The number of hydrogen-bond donors (Lipinski definition) is 2. The minimum atomic E-state index is -0.752. The highest BCUT2D eigenvalue weighted by Gasteiger charge is 2.21. The van der Waals surface area contributed by atoms with Crippen LogP contribution >= 0.6 is 0 Å². The predicted octanol–water partition coefficient (Wildman–Crippen LogP) is 1.91. The Bertz CT molecular complexity index is 898. The third-order valence-electron chi connectivity index (χ3n) is 4.05. The van der Waals surface area contributed by atoms with E-state index in [9.17, 15) is 14.4 Å². The molecular weight excluding hydrogens is 392 g/mol. The first-order chi connectivity index (χ1) is 14.5. The fourth-order valence-corrected chi connectivity index (χ4v) is 2.65. The molecule has 3 amide bonds. The van der Waals surface area contributed by atoms with E-state index < -0.39 is 30.6 Å². The molecule has 3 rings (SSSR count). The van der Waals surface area contributed by atoms with Crippen molar-refractivity contribution in [1.29, 1.82) is 0 Å². The number of para-hydroxylation sites is 2. The van der Waals surface area contributed by atoms with Crippen LogP contribution in [0.3, 0.4) is 0 Å². The van der Waals surface area contributed by atoms with Gasteiger partial charge in [-0.25, -0.2) is 9.59 Å². The SMILES string of the molecule is CCOc1ccc(C(=O)OCC(=O)NC(=O)NCC2COc3ccccc3O2)cc1. The van der Waals surface area contributed by atoms with Crippen LogP contribution in [0.4, 0.5) is 4.79 Å². The standard InChI is InChI=1S/C21H22N2O7/c1-2-27-15-9-7-14(8-10-15)20(25)29-13-19(24)23-21(26)22-11-16-12-28-17-5-3-4-6-18(17)30-16/h3-10,16H,2,11-13H2,1H3,(H2,22,23,24,26). The zero-order chi connectivity index (χ0) is 21.3. The summed E-state index contributed by atoms with van der Waals surface area (Å²) in [4.78, 5) is 35.6. The van der Waals surface area contributed by atoms with Crippen LogP contribution in [0.15, 0.2) is 48.5 Å². The molecule has 2 aromatic rings. The smallest absolute Gasteiger partial charge is 0.338 e. The van der Waals surface area contributed by atoms with Gasteiger partial charge in [0.2, 0.25) is 0 Å². The van der Waals surface area contributed by atoms with Crippen molar-refractivity contribution in [2.75, 3.05) is 26.4 Å². The monoisotopic (exact) mass is 414 g/mol. The number of rotatable bonds is 7. The summed E-state index contributed by atoms with van der Waals surface area (Å²) in [5.74, 6) is 0.424. The number of hydrogen-bond acceptors (Lipinski definition) is 7. The quantitative estimate of drug-likeness (QED) is 0.666. The normalized spacial score (nSPS) is 14.4. The Morgan fingerprint density at radius 2 is 1.80 bits per heavy atom. The molecule has 0 saturated heterocycles. The summed E-state index contributed by atoms with van der Waals surface area (Å²) in [6.07, 6.45) is -0.391. The van der Waals surface area contributed by atoms with E-state index in [4.69, 9.17) is 18.9 Å². The summed E-state index contributed by atoms with van der Waals surface area (Å²) in [6.45, 7) is 2.19. The third-order valence-corrected chi connectivity index (χ3v) is 4.05. The van der Waals surface area contributed by atoms with Crippen molar-refractivity contribution in [3.05, 3.63) is 54.1 Å². The molecule has 2 aromatic carbocycles. The molecule has 1 heterocycles. The summed E-state index contributed by atoms with van der Waals surface area (Å²) < 4.78 is 21.5. The summed E-state index contributed by atoms with van der Waals surface area (Å²) in [6, 6.07) is 12.8. The molecule has 0 fully saturated rings. The van der Waals surface area contributed by atoms with Crippen LogP contribution in [0.2, 0.25) is 0 Å². The van der Waals surface area contributed by atoms with Gasteiger partial charge in [0.05, 0.1) is 18.7 Å². The average molecular weight is 414 g/mol. The van der Waals surface area contributed by atoms with E-state index in [0.717, 1.165) is 0 Å². The summed E-state index contributed by atoms with van der Waals surface area (Å²) in [5.41, 5.74) is 0.269. The molecule has 2 N–H and O–H groups in total. The van der Waals surface area contributed by atoms with Crippen LogP contribution in [-0.2, 0) is 9.53 Å². The number of nitrogens with one attached hydrogen (secondary N) is 2. The Kier molecular flexibility index (Phi) is 7.09. The molecule has 0 aromatic heterocycles. The number of ether oxygens (including phenoxy) is 4. The molecule has 9 heteroatoms. The van der Waals surface area contributed by atoms with Gasteiger partial charge in [-0.3, -0.25) is 10.1 Å². The molecule has 158 valence electrons. The predicted molar refractivity (Wildman–Crippen MR) is 106 cm³/mol. The Labute approximate surface area is 173 Å². The van der Waals surface area contributed by atoms with E-state index >= 15 is 0 Å². The summed E-state index contributed by atoms with van der Waals surface area (Å²) in [7, 11) is 0. The van der Waals surface area contributed by atoms with Crippen LogP contribution in [-0.4, -0.2) is 50.4 Å². The Morgan fingerprint density at radius 3 is 2.53 bits per heavy atom. The second kappa shape index (κ2) is 10.1. The van der Waals surface area contributed by atoms with Crippen LogP contribution < -0.4 is 24.8 Å². The number of carbonyl (C=O) groups excluding carboxylic acids is 3. The lowest BCUT2D eigenvalue weighted by Crippen LogP contribution is -2.46. The van der Waals surface area contributed by atoms with Crippen molar-refractivity contribution in [1.82, 2.24) is 10.6 Å². The van der Waals surface area contributed by atoms with Crippen molar-refractivity contribution in [2.24, 2.45) is 0 Å². The number of esters is 1. The number of fused-ring (bicyclic) bond motifs is 1. The zero-order valence-electron chi connectivity index (χ0n) is 16.4. The second-order valence-corrected chi connectivity index (χ2v) is 6.29. The largest absolute Gasteiger partial charge is 0.494 e. The Hall–Kier alpha value is -3.75. The van der Waals surface area contributed by atoms with E-state index in [-0.39, 0.29) is 18.7 Å². The Balaban J connectivity index is 1.36. The third kappa shape index (κ3) is 5.87. The molecule has 1 unspecified atom stereocenters. The van der Waals surface area contributed by atoms with Gasteiger partial charge in [0.1, 0.15) is 12.4 Å². The van der Waals surface area contributed by atoms with Gasteiger partial charge < -0.3 is 24.3 Å². The molecule has 0 bridgehead atoms.